The van der Waals surface area contributed by atoms with Gasteiger partial charge in [-0.15, -0.1) is 0 Å². The van der Waals surface area contributed by atoms with Gasteiger partial charge in [0.2, 0.25) is 0 Å². The molecule has 172 valence electrons. The fourth-order valence-electron chi connectivity index (χ4n) is 3.02. The van der Waals surface area contributed by atoms with Crippen LogP contribution in [0.2, 0.25) is 5.02 Å². The predicted octanol–water partition coefficient (Wildman–Crippen LogP) is 6.89. The van der Waals surface area contributed by atoms with Crippen LogP contribution >= 0.6 is 56.8 Å². The number of halogens is 3. The molecule has 0 aliphatic carbocycles. The maximum atomic E-state index is 12.6. The molecule has 0 unspecified atom stereocenters. The fraction of sp³-hybridized carbons (Fsp3) is 0.0833. The number of benzene rings is 3. The van der Waals surface area contributed by atoms with Crippen LogP contribution in [0.25, 0.3) is 6.08 Å². The Labute approximate surface area is 228 Å². The van der Waals surface area contributed by atoms with Gasteiger partial charge in [-0.2, -0.15) is 5.26 Å². The molecule has 1 amide bonds. The van der Waals surface area contributed by atoms with E-state index in [2.05, 4.69) is 56.6 Å². The largest absolute Gasteiger partial charge is 0.487 e. The Hall–Kier alpha value is -2.69. The van der Waals surface area contributed by atoms with Crippen molar-refractivity contribution in [2.75, 3.05) is 5.32 Å². The standard InChI is InChI=1S/C24H16ClI2N3O4/c1-14-3-2-4-15(7-14)13-34-23-19(26)9-16(10-20(23)27)8-17(12-28)24(31)29-21-6-5-18(25)11-22(21)30(32)33/h2-11H,13H2,1H3,(H,29,31). The van der Waals surface area contributed by atoms with Crippen LogP contribution in [-0.2, 0) is 11.4 Å². The number of nitrogens with one attached hydrogen (secondary N) is 1. The second kappa shape index (κ2) is 11.6. The van der Waals surface area contributed by atoms with Crippen LogP contribution in [0.5, 0.6) is 5.75 Å². The van der Waals surface area contributed by atoms with Crippen LogP contribution in [0.3, 0.4) is 0 Å². The van der Waals surface area contributed by atoms with E-state index in [1.807, 2.05) is 31.2 Å². The number of hydrogen-bond acceptors (Lipinski definition) is 5. The van der Waals surface area contributed by atoms with Crippen molar-refractivity contribution in [1.29, 1.82) is 5.26 Å². The molecule has 3 aromatic carbocycles. The molecular weight excluding hydrogens is 684 g/mol. The molecule has 0 fully saturated rings. The average Bonchev–Trinajstić information content (AvgIpc) is 2.78. The maximum absolute atomic E-state index is 12.6. The molecule has 0 saturated heterocycles. The van der Waals surface area contributed by atoms with Gasteiger partial charge in [0.25, 0.3) is 11.6 Å². The molecule has 7 nitrogen and oxygen atoms in total. The van der Waals surface area contributed by atoms with Crippen molar-refractivity contribution < 1.29 is 14.5 Å². The third kappa shape index (κ3) is 6.68. The highest BCUT2D eigenvalue weighted by Crippen LogP contribution is 2.31. The quantitative estimate of drug-likeness (QED) is 0.0951. The molecule has 0 spiro atoms. The summed E-state index contributed by atoms with van der Waals surface area (Å²) in [6.45, 7) is 2.43. The van der Waals surface area contributed by atoms with E-state index >= 15 is 0 Å². The van der Waals surface area contributed by atoms with Gasteiger partial charge in [0, 0.05) is 11.1 Å². The summed E-state index contributed by atoms with van der Waals surface area (Å²) in [6, 6.07) is 17.4. The molecule has 34 heavy (non-hydrogen) atoms. The first-order valence-corrected chi connectivity index (χ1v) is 12.3. The second-order valence-corrected chi connectivity index (χ2v) is 9.89. The minimum absolute atomic E-state index is 0.0513. The SMILES string of the molecule is Cc1cccc(COc2c(I)cc(C=C(C#N)C(=O)Nc3ccc(Cl)cc3[N+](=O)[O-])cc2I)c1. The highest BCUT2D eigenvalue weighted by molar-refractivity contribution is 14.1. The molecule has 0 aromatic heterocycles. The Kier molecular flexibility index (Phi) is 8.87. The summed E-state index contributed by atoms with van der Waals surface area (Å²) in [6.07, 6.45) is 1.42. The molecule has 0 radical (unpaired) electrons. The van der Waals surface area contributed by atoms with E-state index in [0.717, 1.165) is 24.3 Å². The second-order valence-electron chi connectivity index (χ2n) is 7.13. The van der Waals surface area contributed by atoms with Gasteiger partial charge in [0.15, 0.2) is 0 Å². The first-order valence-electron chi connectivity index (χ1n) is 9.72. The van der Waals surface area contributed by atoms with Crippen LogP contribution in [0.4, 0.5) is 11.4 Å². The topological polar surface area (TPSA) is 105 Å². The van der Waals surface area contributed by atoms with E-state index in [1.54, 1.807) is 12.1 Å². The van der Waals surface area contributed by atoms with E-state index in [0.29, 0.717) is 17.9 Å². The number of anilines is 1. The lowest BCUT2D eigenvalue weighted by molar-refractivity contribution is -0.383. The number of carbonyl (C=O) groups is 1. The summed E-state index contributed by atoms with van der Waals surface area (Å²) < 4.78 is 7.64. The van der Waals surface area contributed by atoms with Gasteiger partial charge in [-0.3, -0.25) is 14.9 Å². The molecule has 0 aliphatic rings. The van der Waals surface area contributed by atoms with Crippen molar-refractivity contribution in [1.82, 2.24) is 0 Å². The van der Waals surface area contributed by atoms with Crippen molar-refractivity contribution in [3.8, 4) is 11.8 Å². The zero-order valence-corrected chi connectivity index (χ0v) is 22.7. The van der Waals surface area contributed by atoms with Gasteiger partial charge in [-0.05, 0) is 93.6 Å². The number of amides is 1. The number of nitriles is 1. The lowest BCUT2D eigenvalue weighted by Crippen LogP contribution is -2.14. The monoisotopic (exact) mass is 699 g/mol. The van der Waals surface area contributed by atoms with Crippen LogP contribution < -0.4 is 10.1 Å². The number of rotatable bonds is 7. The first kappa shape index (κ1) is 25.9. The van der Waals surface area contributed by atoms with Crippen molar-refractivity contribution in [3.63, 3.8) is 0 Å². The third-order valence-electron chi connectivity index (χ3n) is 4.57. The van der Waals surface area contributed by atoms with Gasteiger partial charge in [-0.1, -0.05) is 41.4 Å². The lowest BCUT2D eigenvalue weighted by Gasteiger charge is -2.12. The highest BCUT2D eigenvalue weighted by atomic mass is 127. The van der Waals surface area contributed by atoms with Crippen molar-refractivity contribution in [3.05, 3.63) is 99.1 Å². The molecular formula is C24H16ClI2N3O4. The summed E-state index contributed by atoms with van der Waals surface area (Å²) in [4.78, 5) is 23.2. The third-order valence-corrected chi connectivity index (χ3v) is 6.40. The van der Waals surface area contributed by atoms with Gasteiger partial charge < -0.3 is 10.1 Å². The number of ether oxygens (including phenoxy) is 1. The Morgan fingerprint density at radius 1 is 1.21 bits per heavy atom. The zero-order valence-electron chi connectivity index (χ0n) is 17.6. The molecule has 0 atom stereocenters. The number of nitro groups is 1. The van der Waals surface area contributed by atoms with Gasteiger partial charge in [0.1, 0.15) is 29.7 Å². The molecule has 0 bridgehead atoms. The van der Waals surface area contributed by atoms with E-state index in [-0.39, 0.29) is 22.0 Å². The number of hydrogen-bond donors (Lipinski definition) is 1. The normalized spacial score (nSPS) is 11.0. The van der Waals surface area contributed by atoms with Crippen LogP contribution in [0.1, 0.15) is 16.7 Å². The summed E-state index contributed by atoms with van der Waals surface area (Å²) in [5.41, 5.74) is 2.20. The Morgan fingerprint density at radius 3 is 2.53 bits per heavy atom. The van der Waals surface area contributed by atoms with E-state index in [4.69, 9.17) is 16.3 Å². The first-order chi connectivity index (χ1) is 16.2. The Morgan fingerprint density at radius 2 is 1.91 bits per heavy atom. The van der Waals surface area contributed by atoms with E-state index in [1.165, 1.54) is 18.2 Å². The molecule has 3 aromatic rings. The lowest BCUT2D eigenvalue weighted by atomic mass is 10.1. The van der Waals surface area contributed by atoms with E-state index < -0.39 is 10.8 Å². The number of nitro benzene ring substituents is 1. The molecule has 3 rings (SSSR count). The van der Waals surface area contributed by atoms with Crippen molar-refractivity contribution in [2.24, 2.45) is 0 Å². The fourth-order valence-corrected chi connectivity index (χ4v) is 5.32. The van der Waals surface area contributed by atoms with Crippen molar-refractivity contribution in [2.45, 2.75) is 13.5 Å². The Bertz CT molecular complexity index is 1330. The molecule has 1 N–H and O–H groups in total. The highest BCUT2D eigenvalue weighted by Gasteiger charge is 2.19. The molecule has 10 heteroatoms. The van der Waals surface area contributed by atoms with E-state index in [9.17, 15) is 20.2 Å². The summed E-state index contributed by atoms with van der Waals surface area (Å²) in [5.74, 6) is -0.0580. The number of nitrogens with zero attached hydrogens (tertiary/aromatic N) is 2. The molecule has 0 heterocycles. The minimum atomic E-state index is -0.766. The van der Waals surface area contributed by atoms with Crippen LogP contribution in [0.15, 0.2) is 60.2 Å². The maximum Gasteiger partial charge on any atom is 0.294 e. The smallest absolute Gasteiger partial charge is 0.294 e. The van der Waals surface area contributed by atoms with Crippen LogP contribution in [-0.4, -0.2) is 10.8 Å². The van der Waals surface area contributed by atoms with Crippen LogP contribution in [0, 0.1) is 35.5 Å². The minimum Gasteiger partial charge on any atom is -0.487 e. The Balaban J connectivity index is 1.81. The van der Waals surface area contributed by atoms with Crippen molar-refractivity contribution >= 4 is 80.1 Å². The van der Waals surface area contributed by atoms with Gasteiger partial charge >= 0.3 is 0 Å². The summed E-state index contributed by atoms with van der Waals surface area (Å²) in [5, 5.41) is 23.4. The summed E-state index contributed by atoms with van der Waals surface area (Å²) in [7, 11) is 0. The predicted molar refractivity (Wildman–Crippen MR) is 148 cm³/mol. The number of aryl methyl sites for hydroxylation is 1. The molecule has 0 saturated carbocycles. The van der Waals surface area contributed by atoms with Gasteiger partial charge in [0.05, 0.1) is 12.1 Å². The van der Waals surface area contributed by atoms with Gasteiger partial charge in [-0.25, -0.2) is 0 Å². The zero-order chi connectivity index (χ0) is 24.8. The number of carbonyl (C=O) groups excluding carboxylic acids is 1. The summed E-state index contributed by atoms with van der Waals surface area (Å²) >= 11 is 10.1. The molecule has 0 aliphatic heterocycles. The average molecular weight is 700 g/mol.